The molecule has 1 aliphatic heterocycles. The molecule has 1 aliphatic rings. The second-order valence-corrected chi connectivity index (χ2v) is 5.43. The minimum atomic E-state index is -4.75. The summed E-state index contributed by atoms with van der Waals surface area (Å²) in [5.41, 5.74) is 0.346. The molecular weight excluding hydrogens is 327 g/mol. The number of benzene rings is 1. The Bertz CT molecular complexity index is 584. The highest BCUT2D eigenvalue weighted by atomic mass is 19.4. The van der Waals surface area contributed by atoms with Crippen LogP contribution in [0, 0.1) is 5.92 Å². The fourth-order valence-corrected chi connectivity index (χ4v) is 2.28. The molecule has 24 heavy (non-hydrogen) atoms. The van der Waals surface area contributed by atoms with Crippen molar-refractivity contribution in [3.05, 3.63) is 24.3 Å². The molecular formula is C15H18F3N3O3. The second-order valence-electron chi connectivity index (χ2n) is 5.43. The molecule has 1 aromatic rings. The van der Waals surface area contributed by atoms with Crippen molar-refractivity contribution < 1.29 is 27.5 Å². The predicted octanol–water partition coefficient (Wildman–Crippen LogP) is 2.58. The Hall–Kier alpha value is -2.45. The minimum Gasteiger partial charge on any atom is -0.406 e. The fourth-order valence-electron chi connectivity index (χ4n) is 2.28. The van der Waals surface area contributed by atoms with E-state index in [0.717, 1.165) is 12.1 Å². The number of amides is 3. The molecule has 2 N–H and O–H groups in total. The van der Waals surface area contributed by atoms with E-state index in [1.807, 2.05) is 0 Å². The molecule has 0 radical (unpaired) electrons. The quantitative estimate of drug-likeness (QED) is 0.862. The Morgan fingerprint density at radius 1 is 1.25 bits per heavy atom. The molecule has 132 valence electrons. The maximum absolute atomic E-state index is 12.0. The van der Waals surface area contributed by atoms with Crippen LogP contribution < -0.4 is 15.4 Å². The van der Waals surface area contributed by atoms with Gasteiger partial charge in [0.05, 0.1) is 0 Å². The number of hydrogen-bond acceptors (Lipinski definition) is 3. The number of carbonyl (C=O) groups excluding carboxylic acids is 2. The molecule has 1 aromatic carbocycles. The van der Waals surface area contributed by atoms with Crippen LogP contribution in [0.25, 0.3) is 0 Å². The minimum absolute atomic E-state index is 0.0943. The third-order valence-corrected chi connectivity index (χ3v) is 3.51. The second kappa shape index (κ2) is 7.41. The van der Waals surface area contributed by atoms with Crippen molar-refractivity contribution in [1.29, 1.82) is 0 Å². The van der Waals surface area contributed by atoms with Gasteiger partial charge in [-0.15, -0.1) is 13.2 Å². The van der Waals surface area contributed by atoms with E-state index in [1.54, 1.807) is 11.8 Å². The number of carbonyl (C=O) groups is 2. The largest absolute Gasteiger partial charge is 0.573 e. The Morgan fingerprint density at radius 2 is 1.88 bits per heavy atom. The van der Waals surface area contributed by atoms with Crippen LogP contribution in [0.2, 0.25) is 0 Å². The first kappa shape index (κ1) is 17.9. The summed E-state index contributed by atoms with van der Waals surface area (Å²) in [6.45, 7) is 3.47. The van der Waals surface area contributed by atoms with Crippen molar-refractivity contribution in [2.24, 2.45) is 5.92 Å². The summed E-state index contributed by atoms with van der Waals surface area (Å²) in [5.74, 6) is -0.0470. The number of urea groups is 1. The van der Waals surface area contributed by atoms with Gasteiger partial charge in [-0.3, -0.25) is 4.79 Å². The van der Waals surface area contributed by atoms with E-state index in [4.69, 9.17) is 0 Å². The van der Waals surface area contributed by atoms with Gasteiger partial charge in [0.2, 0.25) is 5.91 Å². The van der Waals surface area contributed by atoms with Gasteiger partial charge in [-0.05, 0) is 24.3 Å². The van der Waals surface area contributed by atoms with E-state index < -0.39 is 12.4 Å². The maximum Gasteiger partial charge on any atom is 0.573 e. The van der Waals surface area contributed by atoms with E-state index in [9.17, 15) is 22.8 Å². The Balaban J connectivity index is 1.70. The number of alkyl halides is 3. The van der Waals surface area contributed by atoms with Gasteiger partial charge < -0.3 is 20.3 Å². The SMILES string of the molecule is CCC(=O)N1CC(CNC(=O)Nc2ccc(OC(F)(F)F)cc2)C1. The van der Waals surface area contributed by atoms with Crippen LogP contribution in [-0.2, 0) is 4.79 Å². The molecule has 1 fully saturated rings. The zero-order valence-corrected chi connectivity index (χ0v) is 13.0. The topological polar surface area (TPSA) is 70.7 Å². The summed E-state index contributed by atoms with van der Waals surface area (Å²) in [4.78, 5) is 24.8. The highest BCUT2D eigenvalue weighted by Crippen LogP contribution is 2.24. The standard InChI is InChI=1S/C15H18F3N3O3/c1-2-13(22)21-8-10(9-21)7-19-14(23)20-11-3-5-12(6-4-11)24-15(16,17)18/h3-6,10H,2,7-9H2,1H3,(H2,19,20,23). The molecule has 1 heterocycles. The molecule has 0 aromatic heterocycles. The monoisotopic (exact) mass is 345 g/mol. The lowest BCUT2D eigenvalue weighted by atomic mass is 10.00. The van der Waals surface area contributed by atoms with Crippen LogP contribution in [0.5, 0.6) is 5.75 Å². The zero-order valence-electron chi connectivity index (χ0n) is 13.0. The smallest absolute Gasteiger partial charge is 0.406 e. The highest BCUT2D eigenvalue weighted by molar-refractivity contribution is 5.89. The normalized spacial score (nSPS) is 14.8. The van der Waals surface area contributed by atoms with Crippen molar-refractivity contribution in [2.75, 3.05) is 25.0 Å². The Morgan fingerprint density at radius 3 is 2.42 bits per heavy atom. The molecule has 0 saturated carbocycles. The van der Waals surface area contributed by atoms with Gasteiger partial charge >= 0.3 is 12.4 Å². The highest BCUT2D eigenvalue weighted by Gasteiger charge is 2.31. The van der Waals surface area contributed by atoms with Crippen LogP contribution >= 0.6 is 0 Å². The summed E-state index contributed by atoms with van der Waals surface area (Å²) < 4.78 is 39.9. The van der Waals surface area contributed by atoms with Gasteiger partial charge in [0.25, 0.3) is 0 Å². The van der Waals surface area contributed by atoms with Crippen molar-refractivity contribution >= 4 is 17.6 Å². The fraction of sp³-hybridized carbons (Fsp3) is 0.467. The van der Waals surface area contributed by atoms with Crippen LogP contribution in [-0.4, -0.2) is 42.8 Å². The van der Waals surface area contributed by atoms with Crippen LogP contribution in [0.1, 0.15) is 13.3 Å². The van der Waals surface area contributed by atoms with Gasteiger partial charge in [-0.2, -0.15) is 0 Å². The average Bonchev–Trinajstić information content (AvgIpc) is 2.45. The Kier molecular flexibility index (Phi) is 5.53. The lowest BCUT2D eigenvalue weighted by Gasteiger charge is -2.39. The predicted molar refractivity (Wildman–Crippen MR) is 80.5 cm³/mol. The average molecular weight is 345 g/mol. The number of halogens is 3. The lowest BCUT2D eigenvalue weighted by molar-refractivity contribution is -0.274. The van der Waals surface area contributed by atoms with E-state index in [0.29, 0.717) is 31.7 Å². The summed E-state index contributed by atoms with van der Waals surface area (Å²) in [5, 5.41) is 5.18. The third kappa shape index (κ3) is 5.32. The molecule has 0 atom stereocenters. The molecule has 6 nitrogen and oxygen atoms in total. The van der Waals surface area contributed by atoms with Crippen molar-refractivity contribution in [3.63, 3.8) is 0 Å². The number of hydrogen-bond donors (Lipinski definition) is 2. The van der Waals surface area contributed by atoms with Crippen molar-refractivity contribution in [3.8, 4) is 5.75 Å². The molecule has 1 saturated heterocycles. The Labute approximate surface area is 137 Å². The molecule has 0 spiro atoms. The first-order chi connectivity index (χ1) is 11.3. The molecule has 9 heteroatoms. The number of anilines is 1. The summed E-state index contributed by atoms with van der Waals surface area (Å²) in [6, 6.07) is 4.39. The van der Waals surface area contributed by atoms with Crippen LogP contribution in [0.4, 0.5) is 23.7 Å². The first-order valence-electron chi connectivity index (χ1n) is 7.45. The number of nitrogens with one attached hydrogen (secondary N) is 2. The number of rotatable bonds is 5. The number of likely N-dealkylation sites (tertiary alicyclic amines) is 1. The molecule has 2 rings (SSSR count). The first-order valence-corrected chi connectivity index (χ1v) is 7.45. The maximum atomic E-state index is 12.0. The lowest BCUT2D eigenvalue weighted by Crippen LogP contribution is -2.53. The summed E-state index contributed by atoms with van der Waals surface area (Å²) in [7, 11) is 0. The van der Waals surface area contributed by atoms with E-state index >= 15 is 0 Å². The van der Waals surface area contributed by atoms with Crippen molar-refractivity contribution in [2.45, 2.75) is 19.7 Å². The number of nitrogens with zero attached hydrogens (tertiary/aromatic N) is 1. The molecule has 0 aliphatic carbocycles. The van der Waals surface area contributed by atoms with E-state index in [2.05, 4.69) is 15.4 Å². The van der Waals surface area contributed by atoms with Gasteiger partial charge in [0, 0.05) is 37.7 Å². The van der Waals surface area contributed by atoms with E-state index in [-0.39, 0.29) is 17.6 Å². The molecule has 0 unspecified atom stereocenters. The van der Waals surface area contributed by atoms with Crippen LogP contribution in [0.3, 0.4) is 0 Å². The summed E-state index contributed by atoms with van der Waals surface area (Å²) >= 11 is 0. The zero-order chi connectivity index (χ0) is 17.7. The molecule has 0 bridgehead atoms. The summed E-state index contributed by atoms with van der Waals surface area (Å²) in [6.07, 6.45) is -4.28. The van der Waals surface area contributed by atoms with Gasteiger partial charge in [-0.25, -0.2) is 4.79 Å². The van der Waals surface area contributed by atoms with Crippen molar-refractivity contribution in [1.82, 2.24) is 10.2 Å². The van der Waals surface area contributed by atoms with Gasteiger partial charge in [0.1, 0.15) is 5.75 Å². The van der Waals surface area contributed by atoms with Gasteiger partial charge in [0.15, 0.2) is 0 Å². The van der Waals surface area contributed by atoms with Gasteiger partial charge in [-0.1, -0.05) is 6.92 Å². The van der Waals surface area contributed by atoms with E-state index in [1.165, 1.54) is 12.1 Å². The number of ether oxygens (including phenoxy) is 1. The third-order valence-electron chi connectivity index (χ3n) is 3.51. The molecule has 3 amide bonds. The van der Waals surface area contributed by atoms with Crippen LogP contribution in [0.15, 0.2) is 24.3 Å².